The van der Waals surface area contributed by atoms with Crippen molar-refractivity contribution in [1.82, 2.24) is 9.97 Å². The average molecular weight is 398 g/mol. The Bertz CT molecular complexity index is 750. The minimum atomic E-state index is -3.95. The molecule has 0 aliphatic rings. The summed E-state index contributed by atoms with van der Waals surface area (Å²) in [6, 6.07) is 4.38. The Hall–Kier alpha value is -1.09. The highest BCUT2D eigenvalue weighted by atomic mass is 79.9. The minimum Gasteiger partial charge on any atom is -0.398 e. The maximum absolute atomic E-state index is 12.3. The topological polar surface area (TPSA) is 98.0 Å². The summed E-state index contributed by atoms with van der Waals surface area (Å²) < 4.78 is 27.4. The number of halogens is 3. The number of nitrogens with zero attached hydrogens (tertiary/aromatic N) is 2. The molecule has 0 aliphatic carbocycles. The SMILES string of the molecule is Nc1cc(Br)ccc1S(=O)(=O)Nc1c(Cl)ncnc1Cl. The van der Waals surface area contributed by atoms with Gasteiger partial charge in [0.15, 0.2) is 10.3 Å². The fraction of sp³-hybridized carbons (Fsp3) is 0. The lowest BCUT2D eigenvalue weighted by atomic mass is 10.3. The van der Waals surface area contributed by atoms with Crippen LogP contribution in [0.2, 0.25) is 10.3 Å². The lowest BCUT2D eigenvalue weighted by Crippen LogP contribution is -2.16. The van der Waals surface area contributed by atoms with Crippen LogP contribution in [-0.4, -0.2) is 18.4 Å². The van der Waals surface area contributed by atoms with E-state index in [0.717, 1.165) is 6.33 Å². The number of nitrogens with one attached hydrogen (secondary N) is 1. The third kappa shape index (κ3) is 3.14. The van der Waals surface area contributed by atoms with E-state index in [0.29, 0.717) is 4.47 Å². The Morgan fingerprint density at radius 2 is 1.80 bits per heavy atom. The van der Waals surface area contributed by atoms with Crippen molar-refractivity contribution in [2.45, 2.75) is 4.90 Å². The molecule has 1 heterocycles. The van der Waals surface area contributed by atoms with Crippen LogP contribution in [0.15, 0.2) is 33.9 Å². The van der Waals surface area contributed by atoms with Crippen molar-refractivity contribution < 1.29 is 8.42 Å². The summed E-state index contributed by atoms with van der Waals surface area (Å²) in [6.07, 6.45) is 1.12. The predicted octanol–water partition coefficient (Wildman–Crippen LogP) is 2.93. The van der Waals surface area contributed by atoms with Crippen LogP contribution < -0.4 is 10.5 Å². The van der Waals surface area contributed by atoms with E-state index in [1.54, 1.807) is 6.07 Å². The molecule has 0 bridgehead atoms. The molecule has 3 N–H and O–H groups in total. The first-order valence-corrected chi connectivity index (χ1v) is 8.08. The van der Waals surface area contributed by atoms with Gasteiger partial charge in [-0.1, -0.05) is 39.1 Å². The molecule has 0 saturated heterocycles. The maximum Gasteiger partial charge on any atom is 0.264 e. The lowest BCUT2D eigenvalue weighted by Gasteiger charge is -2.11. The van der Waals surface area contributed by atoms with Gasteiger partial charge < -0.3 is 5.73 Å². The Morgan fingerprint density at radius 1 is 1.20 bits per heavy atom. The summed E-state index contributed by atoms with van der Waals surface area (Å²) in [5, 5.41) is -0.214. The fourth-order valence-corrected chi connectivity index (χ4v) is 3.47. The minimum absolute atomic E-state index is 0.0796. The van der Waals surface area contributed by atoms with Crippen LogP contribution in [0.25, 0.3) is 0 Å². The zero-order valence-corrected chi connectivity index (χ0v) is 13.6. The van der Waals surface area contributed by atoms with Gasteiger partial charge in [0.1, 0.15) is 16.9 Å². The second kappa shape index (κ2) is 5.72. The predicted molar refractivity (Wildman–Crippen MR) is 81.4 cm³/mol. The monoisotopic (exact) mass is 396 g/mol. The first kappa shape index (κ1) is 15.3. The smallest absolute Gasteiger partial charge is 0.264 e. The lowest BCUT2D eigenvalue weighted by molar-refractivity contribution is 0.601. The first-order valence-electron chi connectivity index (χ1n) is 5.05. The van der Waals surface area contributed by atoms with Crippen LogP contribution in [-0.2, 0) is 10.0 Å². The summed E-state index contributed by atoms with van der Waals surface area (Å²) in [4.78, 5) is 7.22. The van der Waals surface area contributed by atoms with Crippen molar-refractivity contribution in [3.05, 3.63) is 39.3 Å². The van der Waals surface area contributed by atoms with Gasteiger partial charge in [-0.2, -0.15) is 0 Å². The molecule has 10 heteroatoms. The molecule has 0 amide bonds. The van der Waals surface area contributed by atoms with Gasteiger partial charge in [0.2, 0.25) is 0 Å². The standard InChI is InChI=1S/C10H7BrCl2N4O2S/c11-5-1-2-7(6(14)3-5)20(18,19)17-8-9(12)15-4-16-10(8)13/h1-4,17H,14H2. The van der Waals surface area contributed by atoms with Crippen LogP contribution in [0.3, 0.4) is 0 Å². The quantitative estimate of drug-likeness (QED) is 0.612. The molecule has 0 spiro atoms. The molecule has 1 aromatic heterocycles. The van der Waals surface area contributed by atoms with Crippen molar-refractivity contribution in [2.75, 3.05) is 10.5 Å². The third-order valence-electron chi connectivity index (χ3n) is 2.25. The normalized spacial score (nSPS) is 11.3. The van der Waals surface area contributed by atoms with Gasteiger partial charge in [-0.3, -0.25) is 4.72 Å². The number of aromatic nitrogens is 2. The first-order chi connectivity index (χ1) is 9.31. The van der Waals surface area contributed by atoms with E-state index in [2.05, 4.69) is 30.6 Å². The van der Waals surface area contributed by atoms with Crippen LogP contribution in [0.4, 0.5) is 11.4 Å². The molecule has 2 rings (SSSR count). The van der Waals surface area contributed by atoms with Crippen LogP contribution in [0.1, 0.15) is 0 Å². The van der Waals surface area contributed by atoms with Crippen molar-refractivity contribution in [2.24, 2.45) is 0 Å². The van der Waals surface area contributed by atoms with Gasteiger partial charge in [0.05, 0.1) is 5.69 Å². The Labute approximate surface area is 133 Å². The highest BCUT2D eigenvalue weighted by molar-refractivity contribution is 9.10. The molecule has 2 aromatic rings. The van der Waals surface area contributed by atoms with Crippen LogP contribution in [0.5, 0.6) is 0 Å². The summed E-state index contributed by atoms with van der Waals surface area (Å²) in [5.41, 5.74) is 5.67. The molecule has 6 nitrogen and oxygen atoms in total. The van der Waals surface area contributed by atoms with Gasteiger partial charge in [0, 0.05) is 4.47 Å². The molecule has 0 fully saturated rings. The highest BCUT2D eigenvalue weighted by Crippen LogP contribution is 2.30. The number of benzene rings is 1. The molecule has 0 unspecified atom stereocenters. The van der Waals surface area contributed by atoms with Gasteiger partial charge in [0.25, 0.3) is 10.0 Å². The van der Waals surface area contributed by atoms with E-state index in [4.69, 9.17) is 28.9 Å². The summed E-state index contributed by atoms with van der Waals surface area (Å²) in [7, 11) is -3.95. The summed E-state index contributed by atoms with van der Waals surface area (Å²) in [6.45, 7) is 0. The second-order valence-corrected chi connectivity index (χ2v) is 6.90. The Morgan fingerprint density at radius 3 is 2.35 bits per heavy atom. The number of sulfonamides is 1. The Balaban J connectivity index is 2.46. The van der Waals surface area contributed by atoms with Crippen molar-refractivity contribution in [1.29, 1.82) is 0 Å². The van der Waals surface area contributed by atoms with Gasteiger partial charge in [-0.05, 0) is 18.2 Å². The summed E-state index contributed by atoms with van der Waals surface area (Å²) >= 11 is 14.8. The molecule has 20 heavy (non-hydrogen) atoms. The van der Waals surface area contributed by atoms with Crippen molar-refractivity contribution in [3.8, 4) is 0 Å². The molecule has 1 aromatic carbocycles. The van der Waals surface area contributed by atoms with Gasteiger partial charge >= 0.3 is 0 Å². The Kier molecular flexibility index (Phi) is 4.38. The maximum atomic E-state index is 12.3. The van der Waals surface area contributed by atoms with Gasteiger partial charge in [-0.15, -0.1) is 0 Å². The van der Waals surface area contributed by atoms with E-state index in [9.17, 15) is 8.42 Å². The largest absolute Gasteiger partial charge is 0.398 e. The second-order valence-electron chi connectivity index (χ2n) is 3.62. The molecular weight excluding hydrogens is 391 g/mol. The van der Waals surface area contributed by atoms with E-state index in [-0.39, 0.29) is 26.6 Å². The number of hydrogen-bond acceptors (Lipinski definition) is 5. The van der Waals surface area contributed by atoms with Crippen LogP contribution in [0, 0.1) is 0 Å². The number of anilines is 2. The van der Waals surface area contributed by atoms with E-state index >= 15 is 0 Å². The molecule has 106 valence electrons. The average Bonchev–Trinajstić information content (AvgIpc) is 2.33. The zero-order valence-electron chi connectivity index (χ0n) is 9.64. The van der Waals surface area contributed by atoms with E-state index in [1.165, 1.54) is 12.1 Å². The van der Waals surface area contributed by atoms with E-state index in [1.807, 2.05) is 0 Å². The van der Waals surface area contributed by atoms with Gasteiger partial charge in [-0.25, -0.2) is 18.4 Å². The molecule has 0 atom stereocenters. The fourth-order valence-electron chi connectivity index (χ4n) is 1.38. The molecule has 0 radical (unpaired) electrons. The summed E-state index contributed by atoms with van der Waals surface area (Å²) in [5.74, 6) is 0. The van der Waals surface area contributed by atoms with E-state index < -0.39 is 10.0 Å². The number of nitrogens with two attached hydrogens (primary N) is 1. The van der Waals surface area contributed by atoms with Crippen LogP contribution >= 0.6 is 39.1 Å². The highest BCUT2D eigenvalue weighted by Gasteiger charge is 2.21. The molecular formula is C10H7BrCl2N4O2S. The number of hydrogen-bond donors (Lipinski definition) is 2. The molecule has 0 aliphatic heterocycles. The zero-order chi connectivity index (χ0) is 14.9. The number of rotatable bonds is 3. The molecule has 0 saturated carbocycles. The van der Waals surface area contributed by atoms with Crippen molar-refractivity contribution in [3.63, 3.8) is 0 Å². The third-order valence-corrected chi connectivity index (χ3v) is 4.74. The number of nitrogen functional groups attached to an aromatic ring is 1. The van der Waals surface area contributed by atoms with Crippen molar-refractivity contribution >= 4 is 60.5 Å².